The third-order valence-corrected chi connectivity index (χ3v) is 3.15. The van der Waals surface area contributed by atoms with Crippen LogP contribution in [0.3, 0.4) is 0 Å². The Morgan fingerprint density at radius 1 is 1.47 bits per heavy atom. The first kappa shape index (κ1) is 11.9. The van der Waals surface area contributed by atoms with Crippen molar-refractivity contribution in [3.63, 3.8) is 0 Å². The minimum Gasteiger partial charge on any atom is -0.480 e. The molecule has 1 rings (SSSR count). The maximum absolute atomic E-state index is 11.2. The van der Waals surface area contributed by atoms with Crippen LogP contribution in [0.15, 0.2) is 18.3 Å². The number of aliphatic carboxylic acids is 1. The van der Waals surface area contributed by atoms with E-state index < -0.39 is 27.3 Å². The fourth-order valence-corrected chi connectivity index (χ4v) is 2.17. The lowest BCUT2D eigenvalue weighted by atomic mass is 10.4. The lowest BCUT2D eigenvalue weighted by Gasteiger charge is -2.00. The predicted molar refractivity (Wildman–Crippen MR) is 54.4 cm³/mol. The molecule has 5 nitrogen and oxygen atoms in total. The van der Waals surface area contributed by atoms with Gasteiger partial charge in [-0.15, -0.1) is 0 Å². The second-order valence-electron chi connectivity index (χ2n) is 2.89. The van der Waals surface area contributed by atoms with Crippen molar-refractivity contribution in [3.05, 3.63) is 29.0 Å². The number of carboxylic acids is 1. The molecule has 7 heteroatoms. The average molecular weight is 250 g/mol. The standard InChI is InChI=1S/C8H8ClNO4S/c9-6-1-2-7(10-3-6)4-15(13,14)5-8(11)12/h1-3H,4-5H2,(H,11,12). The van der Waals surface area contributed by atoms with E-state index in [0.29, 0.717) is 5.02 Å². The zero-order chi connectivity index (χ0) is 11.5. The van der Waals surface area contributed by atoms with Gasteiger partial charge in [0.15, 0.2) is 9.84 Å². The van der Waals surface area contributed by atoms with Gasteiger partial charge in [-0.1, -0.05) is 11.6 Å². The van der Waals surface area contributed by atoms with Crippen LogP contribution in [-0.2, 0) is 20.4 Å². The van der Waals surface area contributed by atoms with Gasteiger partial charge in [0, 0.05) is 6.20 Å². The van der Waals surface area contributed by atoms with Crippen LogP contribution in [0.5, 0.6) is 0 Å². The molecule has 0 aliphatic heterocycles. The van der Waals surface area contributed by atoms with Crippen LogP contribution in [0.25, 0.3) is 0 Å². The molecule has 1 aromatic heterocycles. The summed E-state index contributed by atoms with van der Waals surface area (Å²) in [4.78, 5) is 14.0. The number of sulfone groups is 1. The molecule has 0 unspecified atom stereocenters. The third-order valence-electron chi connectivity index (χ3n) is 1.50. The Morgan fingerprint density at radius 2 is 2.13 bits per heavy atom. The number of hydrogen-bond donors (Lipinski definition) is 1. The molecule has 0 bridgehead atoms. The Bertz CT molecular complexity index is 454. The highest BCUT2D eigenvalue weighted by Gasteiger charge is 2.17. The van der Waals surface area contributed by atoms with Crippen LogP contribution in [0.1, 0.15) is 5.69 Å². The molecule has 0 aliphatic carbocycles. The van der Waals surface area contributed by atoms with Crippen LogP contribution in [-0.4, -0.2) is 30.2 Å². The van der Waals surface area contributed by atoms with E-state index in [1.807, 2.05) is 0 Å². The van der Waals surface area contributed by atoms with Crippen molar-refractivity contribution in [2.24, 2.45) is 0 Å². The van der Waals surface area contributed by atoms with Crippen molar-refractivity contribution >= 4 is 27.4 Å². The molecule has 0 radical (unpaired) electrons. The van der Waals surface area contributed by atoms with Crippen molar-refractivity contribution in [2.75, 3.05) is 5.75 Å². The highest BCUT2D eigenvalue weighted by Crippen LogP contribution is 2.09. The van der Waals surface area contributed by atoms with Gasteiger partial charge in [0.2, 0.25) is 0 Å². The number of carbonyl (C=O) groups is 1. The van der Waals surface area contributed by atoms with Crippen LogP contribution in [0, 0.1) is 0 Å². The highest BCUT2D eigenvalue weighted by molar-refractivity contribution is 7.91. The van der Waals surface area contributed by atoms with E-state index in [-0.39, 0.29) is 5.69 Å². The second-order valence-corrected chi connectivity index (χ2v) is 5.39. The van der Waals surface area contributed by atoms with E-state index in [0.717, 1.165) is 0 Å². The first-order valence-corrected chi connectivity index (χ1v) is 6.11. The Balaban J connectivity index is 2.78. The zero-order valence-electron chi connectivity index (χ0n) is 7.55. The molecule has 1 aromatic rings. The lowest BCUT2D eigenvalue weighted by molar-refractivity contribution is -0.134. The summed E-state index contributed by atoms with van der Waals surface area (Å²) in [5.74, 6) is -2.66. The number of rotatable bonds is 4. The Kier molecular flexibility index (Phi) is 3.65. The van der Waals surface area contributed by atoms with E-state index in [2.05, 4.69) is 4.98 Å². The number of pyridine rings is 1. The lowest BCUT2D eigenvalue weighted by Crippen LogP contribution is -2.17. The average Bonchev–Trinajstić information content (AvgIpc) is 2.06. The van der Waals surface area contributed by atoms with Gasteiger partial charge < -0.3 is 5.11 Å². The monoisotopic (exact) mass is 249 g/mol. The van der Waals surface area contributed by atoms with Crippen molar-refractivity contribution in [3.8, 4) is 0 Å². The number of halogens is 1. The van der Waals surface area contributed by atoms with E-state index in [9.17, 15) is 13.2 Å². The van der Waals surface area contributed by atoms with Gasteiger partial charge >= 0.3 is 5.97 Å². The van der Waals surface area contributed by atoms with Crippen LogP contribution >= 0.6 is 11.6 Å². The SMILES string of the molecule is O=C(O)CS(=O)(=O)Cc1ccc(Cl)cn1. The molecule has 15 heavy (non-hydrogen) atoms. The minimum atomic E-state index is -3.65. The van der Waals surface area contributed by atoms with Crippen LogP contribution in [0.2, 0.25) is 5.02 Å². The van der Waals surface area contributed by atoms with Crippen molar-refractivity contribution in [1.29, 1.82) is 0 Å². The maximum atomic E-state index is 11.2. The maximum Gasteiger partial charge on any atom is 0.318 e. The van der Waals surface area contributed by atoms with Crippen LogP contribution in [0.4, 0.5) is 0 Å². The molecule has 0 aromatic carbocycles. The summed E-state index contributed by atoms with van der Waals surface area (Å²) in [6.45, 7) is 0. The Labute approximate surface area is 91.6 Å². The summed E-state index contributed by atoms with van der Waals surface area (Å²) >= 11 is 5.56. The molecule has 0 atom stereocenters. The van der Waals surface area contributed by atoms with Gasteiger partial charge in [-0.05, 0) is 12.1 Å². The van der Waals surface area contributed by atoms with Gasteiger partial charge in [-0.25, -0.2) is 8.42 Å². The van der Waals surface area contributed by atoms with E-state index in [1.54, 1.807) is 0 Å². The van der Waals surface area contributed by atoms with Crippen molar-refractivity contribution in [1.82, 2.24) is 4.98 Å². The van der Waals surface area contributed by atoms with Gasteiger partial charge in [-0.2, -0.15) is 0 Å². The largest absolute Gasteiger partial charge is 0.480 e. The number of carboxylic acid groups (broad SMARTS) is 1. The van der Waals surface area contributed by atoms with Gasteiger partial charge in [-0.3, -0.25) is 9.78 Å². The predicted octanol–water partition coefficient (Wildman–Crippen LogP) is 0.734. The minimum absolute atomic E-state index is 0.278. The molecule has 0 saturated carbocycles. The number of nitrogens with zero attached hydrogens (tertiary/aromatic N) is 1. The fraction of sp³-hybridized carbons (Fsp3) is 0.250. The highest BCUT2D eigenvalue weighted by atomic mass is 35.5. The van der Waals surface area contributed by atoms with E-state index in [1.165, 1.54) is 18.3 Å². The Hall–Kier alpha value is -1.14. The normalized spacial score (nSPS) is 11.3. The number of hydrogen-bond acceptors (Lipinski definition) is 4. The summed E-state index contributed by atoms with van der Waals surface area (Å²) in [6, 6.07) is 2.95. The molecule has 0 amide bonds. The third kappa shape index (κ3) is 4.26. The summed E-state index contributed by atoms with van der Waals surface area (Å²) < 4.78 is 22.5. The zero-order valence-corrected chi connectivity index (χ0v) is 9.12. The molecule has 0 saturated heterocycles. The summed E-state index contributed by atoms with van der Waals surface area (Å²) in [5, 5.41) is 8.75. The summed E-state index contributed by atoms with van der Waals surface area (Å²) in [6.07, 6.45) is 1.31. The Morgan fingerprint density at radius 3 is 2.60 bits per heavy atom. The van der Waals surface area contributed by atoms with Gasteiger partial charge in [0.1, 0.15) is 5.75 Å². The molecule has 1 heterocycles. The molecular weight excluding hydrogens is 242 g/mol. The number of aromatic nitrogens is 1. The first-order chi connectivity index (χ1) is 6.89. The van der Waals surface area contributed by atoms with Crippen molar-refractivity contribution < 1.29 is 18.3 Å². The van der Waals surface area contributed by atoms with Crippen molar-refractivity contribution in [2.45, 2.75) is 5.75 Å². The topological polar surface area (TPSA) is 84.3 Å². The smallest absolute Gasteiger partial charge is 0.318 e. The molecule has 0 fully saturated rings. The van der Waals surface area contributed by atoms with Gasteiger partial charge in [0.25, 0.3) is 0 Å². The molecule has 0 spiro atoms. The fourth-order valence-electron chi connectivity index (χ4n) is 0.956. The van der Waals surface area contributed by atoms with E-state index in [4.69, 9.17) is 16.7 Å². The van der Waals surface area contributed by atoms with E-state index >= 15 is 0 Å². The first-order valence-electron chi connectivity index (χ1n) is 3.92. The van der Waals surface area contributed by atoms with Crippen LogP contribution < -0.4 is 0 Å². The molecule has 0 aliphatic rings. The van der Waals surface area contributed by atoms with Gasteiger partial charge in [0.05, 0.1) is 16.5 Å². The summed E-state index contributed by atoms with van der Waals surface area (Å²) in [5.41, 5.74) is 0.278. The summed E-state index contributed by atoms with van der Waals surface area (Å²) in [7, 11) is -3.65. The quantitative estimate of drug-likeness (QED) is 0.851. The molecular formula is C8H8ClNO4S. The molecule has 1 N–H and O–H groups in total. The second kappa shape index (κ2) is 4.59. The molecule has 82 valence electrons.